The highest BCUT2D eigenvalue weighted by molar-refractivity contribution is 9.10. The molecule has 2 aliphatic heterocycles. The fourth-order valence-electron chi connectivity index (χ4n) is 4.39. The van der Waals surface area contributed by atoms with Crippen molar-refractivity contribution in [2.75, 3.05) is 44.4 Å². The second-order valence-corrected chi connectivity index (χ2v) is 9.56. The Morgan fingerprint density at radius 3 is 2.47 bits per heavy atom. The van der Waals surface area contributed by atoms with E-state index in [9.17, 15) is 0 Å². The summed E-state index contributed by atoms with van der Waals surface area (Å²) in [5.41, 5.74) is 2.92. The molecule has 0 aliphatic carbocycles. The van der Waals surface area contributed by atoms with Crippen LogP contribution >= 0.6 is 15.9 Å². The number of fused-ring (bicyclic) bond motifs is 1. The van der Waals surface area contributed by atoms with E-state index < -0.39 is 0 Å². The molecule has 2 aromatic carbocycles. The molecule has 0 amide bonds. The van der Waals surface area contributed by atoms with Crippen molar-refractivity contribution in [3.8, 4) is 11.8 Å². The smallest absolute Gasteiger partial charge is 0.319 e. The molecule has 0 bridgehead atoms. The van der Waals surface area contributed by atoms with Gasteiger partial charge in [-0.15, -0.1) is 0 Å². The van der Waals surface area contributed by atoms with E-state index in [1.807, 2.05) is 18.2 Å². The van der Waals surface area contributed by atoms with E-state index in [-0.39, 0.29) is 12.2 Å². The van der Waals surface area contributed by atoms with Crippen molar-refractivity contribution in [3.05, 3.63) is 52.0 Å². The molecular formula is C26H30BrN3O4. The molecule has 0 spiro atoms. The van der Waals surface area contributed by atoms with Gasteiger partial charge in [-0.3, -0.25) is 0 Å². The van der Waals surface area contributed by atoms with Crippen LogP contribution in [-0.4, -0.2) is 55.6 Å². The van der Waals surface area contributed by atoms with E-state index in [1.54, 1.807) is 0 Å². The zero-order chi connectivity index (χ0) is 23.5. The van der Waals surface area contributed by atoms with Crippen molar-refractivity contribution in [1.82, 2.24) is 9.97 Å². The summed E-state index contributed by atoms with van der Waals surface area (Å²) in [5, 5.41) is 0.956. The maximum absolute atomic E-state index is 6.56. The van der Waals surface area contributed by atoms with E-state index in [1.165, 1.54) is 0 Å². The van der Waals surface area contributed by atoms with Gasteiger partial charge in [0.15, 0.2) is 5.75 Å². The highest BCUT2D eigenvalue weighted by Crippen LogP contribution is 2.41. The maximum atomic E-state index is 6.56. The molecule has 2 saturated heterocycles. The molecule has 1 unspecified atom stereocenters. The van der Waals surface area contributed by atoms with Gasteiger partial charge >= 0.3 is 6.01 Å². The Labute approximate surface area is 208 Å². The van der Waals surface area contributed by atoms with Gasteiger partial charge < -0.3 is 23.8 Å². The normalized spacial score (nSPS) is 18.1. The predicted molar refractivity (Wildman–Crippen MR) is 135 cm³/mol. The van der Waals surface area contributed by atoms with Gasteiger partial charge in [-0.1, -0.05) is 30.3 Å². The molecule has 0 radical (unpaired) electrons. The summed E-state index contributed by atoms with van der Waals surface area (Å²) < 4.78 is 24.8. The Hall–Kier alpha value is -2.42. The lowest BCUT2D eigenvalue weighted by Crippen LogP contribution is -2.37. The van der Waals surface area contributed by atoms with Gasteiger partial charge in [0.05, 0.1) is 30.9 Å². The summed E-state index contributed by atoms with van der Waals surface area (Å²) >= 11 is 3.77. The van der Waals surface area contributed by atoms with E-state index in [2.05, 4.69) is 52.9 Å². The molecule has 5 rings (SSSR count). The van der Waals surface area contributed by atoms with Crippen molar-refractivity contribution in [2.24, 2.45) is 0 Å². The molecule has 3 aromatic rings. The molecule has 2 fully saturated rings. The minimum Gasteiger partial charge on any atom is -0.483 e. The monoisotopic (exact) mass is 527 g/mol. The van der Waals surface area contributed by atoms with Gasteiger partial charge in [0, 0.05) is 31.3 Å². The number of morpholine rings is 1. The summed E-state index contributed by atoms with van der Waals surface area (Å²) in [6, 6.07) is 12.7. The molecule has 180 valence electrons. The lowest BCUT2D eigenvalue weighted by atomic mass is 10.1. The Balaban J connectivity index is 1.60. The second kappa shape index (κ2) is 10.5. The Bertz CT molecular complexity index is 1130. The molecule has 1 atom stereocenters. The number of ether oxygens (including phenoxy) is 4. The van der Waals surface area contributed by atoms with Gasteiger partial charge in [0.1, 0.15) is 23.5 Å². The largest absolute Gasteiger partial charge is 0.483 e. The fraction of sp³-hybridized carbons (Fsp3) is 0.462. The molecule has 1 aromatic heterocycles. The summed E-state index contributed by atoms with van der Waals surface area (Å²) in [4.78, 5) is 12.0. The number of benzene rings is 2. The van der Waals surface area contributed by atoms with Crippen LogP contribution in [0.1, 0.15) is 37.0 Å². The number of nitrogens with zero attached hydrogens (tertiary/aromatic N) is 3. The highest BCUT2D eigenvalue weighted by atomic mass is 79.9. The lowest BCUT2D eigenvalue weighted by molar-refractivity contribution is 0.0218. The Morgan fingerprint density at radius 2 is 1.74 bits per heavy atom. The van der Waals surface area contributed by atoms with Gasteiger partial charge in [-0.05, 0) is 47.0 Å². The van der Waals surface area contributed by atoms with E-state index in [4.69, 9.17) is 28.9 Å². The van der Waals surface area contributed by atoms with Gasteiger partial charge in [-0.2, -0.15) is 9.97 Å². The average Bonchev–Trinajstić information content (AvgIpc) is 2.88. The zero-order valence-electron chi connectivity index (χ0n) is 19.6. The van der Waals surface area contributed by atoms with E-state index >= 15 is 0 Å². The molecule has 34 heavy (non-hydrogen) atoms. The van der Waals surface area contributed by atoms with Crippen molar-refractivity contribution in [3.63, 3.8) is 0 Å². The number of anilines is 1. The average molecular weight is 528 g/mol. The van der Waals surface area contributed by atoms with Crippen molar-refractivity contribution in [1.29, 1.82) is 0 Å². The quantitative estimate of drug-likeness (QED) is 0.434. The zero-order valence-corrected chi connectivity index (χ0v) is 21.2. The highest BCUT2D eigenvalue weighted by Gasteiger charge is 2.25. The van der Waals surface area contributed by atoms with Crippen LogP contribution in [-0.2, 0) is 9.47 Å². The van der Waals surface area contributed by atoms with E-state index in [0.29, 0.717) is 38.2 Å². The lowest BCUT2D eigenvalue weighted by Gasteiger charge is -2.30. The van der Waals surface area contributed by atoms with Gasteiger partial charge in [0.25, 0.3) is 0 Å². The van der Waals surface area contributed by atoms with Gasteiger partial charge in [-0.25, -0.2) is 0 Å². The summed E-state index contributed by atoms with van der Waals surface area (Å²) in [6.45, 7) is 8.41. The first-order valence-corrected chi connectivity index (χ1v) is 12.7. The number of aryl methyl sites for hydroxylation is 1. The van der Waals surface area contributed by atoms with Crippen LogP contribution in [0, 0.1) is 6.92 Å². The van der Waals surface area contributed by atoms with Crippen LogP contribution in [0.25, 0.3) is 10.9 Å². The standard InChI is InChI=1S/C26H30BrN3O4/c1-17-16-21-23(24(22(17)27)33-18(2)19-6-4-3-5-7-19)28-26(34-20-8-12-31-13-9-20)29-25(21)30-10-14-32-15-11-30/h3-7,16,18,20H,8-15H2,1-2H3. The second-order valence-electron chi connectivity index (χ2n) is 8.76. The molecule has 0 N–H and O–H groups in total. The van der Waals surface area contributed by atoms with Crippen molar-refractivity contribution >= 4 is 32.7 Å². The summed E-state index contributed by atoms with van der Waals surface area (Å²) in [7, 11) is 0. The third kappa shape index (κ3) is 4.99. The Kier molecular flexibility index (Phi) is 7.18. The third-order valence-corrected chi connectivity index (χ3v) is 7.33. The number of hydrogen-bond donors (Lipinski definition) is 0. The predicted octanol–water partition coefficient (Wildman–Crippen LogP) is 5.24. The molecule has 2 aliphatic rings. The van der Waals surface area contributed by atoms with Crippen molar-refractivity contribution in [2.45, 2.75) is 38.9 Å². The van der Waals surface area contributed by atoms with Crippen LogP contribution in [0.4, 0.5) is 5.82 Å². The first-order valence-electron chi connectivity index (χ1n) is 11.9. The first-order chi connectivity index (χ1) is 16.6. The molecule has 8 heteroatoms. The molecule has 3 heterocycles. The van der Waals surface area contributed by atoms with Crippen LogP contribution in [0.3, 0.4) is 0 Å². The molecule has 0 saturated carbocycles. The number of halogens is 1. The molecular weight excluding hydrogens is 498 g/mol. The minimum absolute atomic E-state index is 0.0465. The SMILES string of the molecule is Cc1cc2c(N3CCOCC3)nc(OC3CCOCC3)nc2c(OC(C)c2ccccc2)c1Br. The number of hydrogen-bond acceptors (Lipinski definition) is 7. The first kappa shape index (κ1) is 23.3. The van der Waals surface area contributed by atoms with Crippen LogP contribution < -0.4 is 14.4 Å². The van der Waals surface area contributed by atoms with Gasteiger partial charge in [0.2, 0.25) is 0 Å². The number of rotatable bonds is 6. The van der Waals surface area contributed by atoms with Crippen LogP contribution in [0.2, 0.25) is 0 Å². The van der Waals surface area contributed by atoms with Crippen molar-refractivity contribution < 1.29 is 18.9 Å². The topological polar surface area (TPSA) is 65.9 Å². The van der Waals surface area contributed by atoms with Crippen LogP contribution in [0.15, 0.2) is 40.9 Å². The maximum Gasteiger partial charge on any atom is 0.319 e. The summed E-state index contributed by atoms with van der Waals surface area (Å²) in [6.07, 6.45) is 1.56. The minimum atomic E-state index is -0.149. The fourth-order valence-corrected chi connectivity index (χ4v) is 4.79. The molecule has 7 nitrogen and oxygen atoms in total. The Morgan fingerprint density at radius 1 is 1.03 bits per heavy atom. The summed E-state index contributed by atoms with van der Waals surface area (Å²) in [5.74, 6) is 1.57. The third-order valence-electron chi connectivity index (χ3n) is 6.34. The number of aromatic nitrogens is 2. The van der Waals surface area contributed by atoms with Crippen LogP contribution in [0.5, 0.6) is 11.8 Å². The van der Waals surface area contributed by atoms with E-state index in [0.717, 1.165) is 58.3 Å².